The van der Waals surface area contributed by atoms with Gasteiger partial charge in [-0.15, -0.1) is 0 Å². The number of rotatable bonds is 4. The van der Waals surface area contributed by atoms with Crippen molar-refractivity contribution in [2.24, 2.45) is 5.92 Å². The summed E-state index contributed by atoms with van der Waals surface area (Å²) in [6, 6.07) is 1.78. The van der Waals surface area contributed by atoms with Gasteiger partial charge in [-0.1, -0.05) is 5.16 Å². The molecule has 0 bridgehead atoms. The van der Waals surface area contributed by atoms with Crippen LogP contribution in [-0.2, 0) is 4.79 Å². The third-order valence-electron chi connectivity index (χ3n) is 4.15. The van der Waals surface area contributed by atoms with Gasteiger partial charge in [0, 0.05) is 18.3 Å². The molecule has 3 rings (SSSR count). The maximum Gasteiger partial charge on any atom is 0.243 e. The van der Waals surface area contributed by atoms with Crippen LogP contribution in [-0.4, -0.2) is 44.0 Å². The van der Waals surface area contributed by atoms with Gasteiger partial charge in [0.1, 0.15) is 0 Å². The van der Waals surface area contributed by atoms with Crippen LogP contribution in [0.4, 0.5) is 5.95 Å². The molecule has 1 saturated heterocycles. The molecule has 1 N–H and O–H groups in total. The van der Waals surface area contributed by atoms with Crippen molar-refractivity contribution in [3.05, 3.63) is 30.2 Å². The summed E-state index contributed by atoms with van der Waals surface area (Å²) in [7, 11) is 0. The lowest BCUT2D eigenvalue weighted by Crippen LogP contribution is -2.39. The highest BCUT2D eigenvalue weighted by molar-refractivity contribution is 5.90. The Balaban J connectivity index is 1.53. The van der Waals surface area contributed by atoms with Crippen LogP contribution in [0.3, 0.4) is 0 Å². The standard InChI is InChI=1S/C15H20N6O2/c1-10(14-18-11(2)20-23-14)21-8-4-12(5-9-21)13(22)19-15-16-6-3-7-17-15/h3,6-7,10,12H,4-5,8-9H2,1-2H3,(H,16,17,19,22)/t10-/m1/s1. The summed E-state index contributed by atoms with van der Waals surface area (Å²) in [6.07, 6.45) is 4.80. The quantitative estimate of drug-likeness (QED) is 0.914. The molecular weight excluding hydrogens is 296 g/mol. The lowest BCUT2D eigenvalue weighted by Gasteiger charge is -2.33. The monoisotopic (exact) mass is 316 g/mol. The smallest absolute Gasteiger partial charge is 0.243 e. The van der Waals surface area contributed by atoms with E-state index >= 15 is 0 Å². The van der Waals surface area contributed by atoms with Gasteiger partial charge < -0.3 is 4.52 Å². The van der Waals surface area contributed by atoms with Gasteiger partial charge in [0.25, 0.3) is 0 Å². The molecule has 23 heavy (non-hydrogen) atoms. The van der Waals surface area contributed by atoms with Crippen LogP contribution < -0.4 is 5.32 Å². The molecular formula is C15H20N6O2. The van der Waals surface area contributed by atoms with E-state index in [4.69, 9.17) is 4.52 Å². The van der Waals surface area contributed by atoms with Gasteiger partial charge in [-0.3, -0.25) is 15.0 Å². The van der Waals surface area contributed by atoms with Crippen LogP contribution in [0, 0.1) is 12.8 Å². The average molecular weight is 316 g/mol. The van der Waals surface area contributed by atoms with E-state index in [-0.39, 0.29) is 17.9 Å². The zero-order valence-corrected chi connectivity index (χ0v) is 13.3. The molecule has 0 aliphatic carbocycles. The molecule has 1 aliphatic rings. The molecule has 8 nitrogen and oxygen atoms in total. The third kappa shape index (κ3) is 3.70. The van der Waals surface area contributed by atoms with Gasteiger partial charge in [0.15, 0.2) is 5.82 Å². The predicted molar refractivity (Wildman–Crippen MR) is 82.4 cm³/mol. The van der Waals surface area contributed by atoms with Crippen molar-refractivity contribution in [3.63, 3.8) is 0 Å². The molecule has 1 aliphatic heterocycles. The van der Waals surface area contributed by atoms with Crippen molar-refractivity contribution in [3.8, 4) is 0 Å². The van der Waals surface area contributed by atoms with E-state index in [9.17, 15) is 4.79 Å². The molecule has 0 radical (unpaired) electrons. The molecule has 3 heterocycles. The second kappa shape index (κ2) is 6.82. The van der Waals surface area contributed by atoms with E-state index in [2.05, 4.69) is 30.3 Å². The zero-order chi connectivity index (χ0) is 16.2. The molecule has 122 valence electrons. The number of amides is 1. The number of likely N-dealkylation sites (tertiary alicyclic amines) is 1. The molecule has 8 heteroatoms. The van der Waals surface area contributed by atoms with Crippen LogP contribution in [0.2, 0.25) is 0 Å². The normalized spacial score (nSPS) is 17.8. The van der Waals surface area contributed by atoms with Crippen LogP contribution in [0.15, 0.2) is 23.0 Å². The summed E-state index contributed by atoms with van der Waals surface area (Å²) < 4.78 is 5.23. The fourth-order valence-corrected chi connectivity index (χ4v) is 2.76. The first-order valence-corrected chi connectivity index (χ1v) is 7.75. The minimum absolute atomic E-state index is 0.0165. The van der Waals surface area contributed by atoms with E-state index in [1.54, 1.807) is 18.5 Å². The van der Waals surface area contributed by atoms with E-state index in [1.165, 1.54) is 0 Å². The van der Waals surface area contributed by atoms with Crippen LogP contribution in [0.1, 0.15) is 37.5 Å². The Morgan fingerprint density at radius 1 is 1.35 bits per heavy atom. The van der Waals surface area contributed by atoms with Gasteiger partial charge in [0.2, 0.25) is 17.7 Å². The summed E-state index contributed by atoms with van der Waals surface area (Å²) >= 11 is 0. The largest absolute Gasteiger partial charge is 0.338 e. The van der Waals surface area contributed by atoms with Crippen LogP contribution in [0.25, 0.3) is 0 Å². The predicted octanol–water partition coefficient (Wildman–Crippen LogP) is 1.58. The fourth-order valence-electron chi connectivity index (χ4n) is 2.76. The van der Waals surface area contributed by atoms with Gasteiger partial charge in [-0.2, -0.15) is 4.98 Å². The first-order chi connectivity index (χ1) is 11.1. The second-order valence-corrected chi connectivity index (χ2v) is 5.73. The lowest BCUT2D eigenvalue weighted by atomic mass is 9.95. The van der Waals surface area contributed by atoms with Gasteiger partial charge in [-0.25, -0.2) is 9.97 Å². The van der Waals surface area contributed by atoms with Gasteiger partial charge in [-0.05, 0) is 45.8 Å². The number of nitrogens with zero attached hydrogens (tertiary/aromatic N) is 5. The van der Waals surface area contributed by atoms with E-state index in [0.717, 1.165) is 25.9 Å². The first kappa shape index (κ1) is 15.5. The van der Waals surface area contributed by atoms with Crippen molar-refractivity contribution < 1.29 is 9.32 Å². The van der Waals surface area contributed by atoms with Crippen molar-refractivity contribution in [2.45, 2.75) is 32.7 Å². The molecule has 0 unspecified atom stereocenters. The average Bonchev–Trinajstić information content (AvgIpc) is 3.02. The Morgan fingerprint density at radius 2 is 2.04 bits per heavy atom. The third-order valence-corrected chi connectivity index (χ3v) is 4.15. The fraction of sp³-hybridized carbons (Fsp3) is 0.533. The van der Waals surface area contributed by atoms with Crippen LogP contribution in [0.5, 0.6) is 0 Å². The van der Waals surface area contributed by atoms with Crippen LogP contribution >= 0.6 is 0 Å². The van der Waals surface area contributed by atoms with Crippen molar-refractivity contribution in [1.82, 2.24) is 25.0 Å². The topological polar surface area (TPSA) is 97.0 Å². The summed E-state index contributed by atoms with van der Waals surface area (Å²) in [4.78, 5) is 26.8. The Bertz CT molecular complexity index is 651. The first-order valence-electron chi connectivity index (χ1n) is 7.75. The molecule has 1 atom stereocenters. The molecule has 0 aromatic carbocycles. The van der Waals surface area contributed by atoms with E-state index < -0.39 is 0 Å². The Hall–Kier alpha value is -2.35. The highest BCUT2D eigenvalue weighted by Crippen LogP contribution is 2.26. The summed E-state index contributed by atoms with van der Waals surface area (Å²) in [6.45, 7) is 5.49. The Labute approximate surface area is 134 Å². The molecule has 1 fully saturated rings. The second-order valence-electron chi connectivity index (χ2n) is 5.73. The van der Waals surface area contributed by atoms with Gasteiger partial charge in [0.05, 0.1) is 6.04 Å². The maximum atomic E-state index is 12.3. The highest BCUT2D eigenvalue weighted by Gasteiger charge is 2.29. The number of carbonyl (C=O) groups excluding carboxylic acids is 1. The number of hydrogen-bond donors (Lipinski definition) is 1. The minimum atomic E-state index is -0.0216. The number of carbonyl (C=O) groups is 1. The Kier molecular flexibility index (Phi) is 4.61. The molecule has 2 aromatic rings. The summed E-state index contributed by atoms with van der Waals surface area (Å²) in [5.41, 5.74) is 0. The zero-order valence-electron chi connectivity index (χ0n) is 13.3. The van der Waals surface area contributed by atoms with E-state index in [0.29, 0.717) is 17.7 Å². The van der Waals surface area contributed by atoms with Crippen molar-refractivity contribution >= 4 is 11.9 Å². The number of aryl methyl sites for hydroxylation is 1. The number of aromatic nitrogens is 4. The summed E-state index contributed by atoms with van der Waals surface area (Å²) in [5, 5.41) is 6.60. The molecule has 0 spiro atoms. The Morgan fingerprint density at radius 3 is 2.65 bits per heavy atom. The lowest BCUT2D eigenvalue weighted by molar-refractivity contribution is -0.121. The van der Waals surface area contributed by atoms with Gasteiger partial charge >= 0.3 is 0 Å². The molecule has 2 aromatic heterocycles. The number of hydrogen-bond acceptors (Lipinski definition) is 7. The number of piperidine rings is 1. The van der Waals surface area contributed by atoms with E-state index in [1.807, 2.05) is 13.8 Å². The number of nitrogens with one attached hydrogen (secondary N) is 1. The summed E-state index contributed by atoms with van der Waals surface area (Å²) in [5.74, 6) is 1.59. The minimum Gasteiger partial charge on any atom is -0.338 e. The van der Waals surface area contributed by atoms with Crippen molar-refractivity contribution in [2.75, 3.05) is 18.4 Å². The SMILES string of the molecule is Cc1noc([C@@H](C)N2CCC(C(=O)Nc3ncccn3)CC2)n1. The molecule has 0 saturated carbocycles. The molecule has 1 amide bonds. The van der Waals surface area contributed by atoms with Crippen molar-refractivity contribution in [1.29, 1.82) is 0 Å². The number of anilines is 1. The maximum absolute atomic E-state index is 12.3. The highest BCUT2D eigenvalue weighted by atomic mass is 16.5.